The lowest BCUT2D eigenvalue weighted by Gasteiger charge is -2.07. The van der Waals surface area contributed by atoms with Gasteiger partial charge >= 0.3 is 0 Å². The standard InChI is InChI=1S/C11H9FN2O2S2/c12-6-1-3-7(4-2-6)13-9(15)5-8-10(16)14-11(17)18-8/h1-4,8H,5H2,(H,13,15)(H,14,16,17). The summed E-state index contributed by atoms with van der Waals surface area (Å²) in [6.07, 6.45) is 0.0357. The van der Waals surface area contributed by atoms with E-state index in [1.807, 2.05) is 0 Å². The number of carbonyl (C=O) groups is 2. The second kappa shape index (κ2) is 5.45. The van der Waals surface area contributed by atoms with Gasteiger partial charge in [0.15, 0.2) is 0 Å². The number of hydrogen-bond donors (Lipinski definition) is 2. The highest BCUT2D eigenvalue weighted by atomic mass is 32.2. The molecule has 4 nitrogen and oxygen atoms in total. The molecule has 0 aromatic heterocycles. The van der Waals surface area contributed by atoms with Gasteiger partial charge in [-0.25, -0.2) is 4.39 Å². The van der Waals surface area contributed by atoms with Crippen molar-refractivity contribution in [1.82, 2.24) is 5.32 Å². The van der Waals surface area contributed by atoms with Crippen molar-refractivity contribution in [2.24, 2.45) is 0 Å². The van der Waals surface area contributed by atoms with Gasteiger partial charge in [0, 0.05) is 12.1 Å². The summed E-state index contributed by atoms with van der Waals surface area (Å²) < 4.78 is 13.1. The topological polar surface area (TPSA) is 58.2 Å². The maximum atomic E-state index is 12.7. The maximum absolute atomic E-state index is 12.7. The van der Waals surface area contributed by atoms with Crippen LogP contribution in [0.4, 0.5) is 10.1 Å². The van der Waals surface area contributed by atoms with Gasteiger partial charge in [-0.1, -0.05) is 24.0 Å². The Bertz CT molecular complexity index is 504. The van der Waals surface area contributed by atoms with Crippen LogP contribution in [0.1, 0.15) is 6.42 Å². The van der Waals surface area contributed by atoms with E-state index < -0.39 is 5.25 Å². The molecule has 1 heterocycles. The summed E-state index contributed by atoms with van der Waals surface area (Å²) in [4.78, 5) is 23.0. The van der Waals surface area contributed by atoms with Crippen LogP contribution < -0.4 is 10.6 Å². The minimum absolute atomic E-state index is 0.0357. The van der Waals surface area contributed by atoms with Gasteiger partial charge < -0.3 is 10.6 Å². The van der Waals surface area contributed by atoms with E-state index in [4.69, 9.17) is 12.2 Å². The lowest BCUT2D eigenvalue weighted by molar-refractivity contribution is -0.122. The fourth-order valence-electron chi connectivity index (χ4n) is 1.44. The van der Waals surface area contributed by atoms with Gasteiger partial charge in [-0.15, -0.1) is 0 Å². The van der Waals surface area contributed by atoms with E-state index in [0.29, 0.717) is 10.0 Å². The van der Waals surface area contributed by atoms with Gasteiger partial charge in [-0.05, 0) is 24.3 Å². The first-order valence-electron chi connectivity index (χ1n) is 5.11. The van der Waals surface area contributed by atoms with Crippen molar-refractivity contribution >= 4 is 45.8 Å². The third kappa shape index (κ3) is 3.27. The molecule has 0 radical (unpaired) electrons. The largest absolute Gasteiger partial charge is 0.326 e. The van der Waals surface area contributed by atoms with Crippen LogP contribution in [0.15, 0.2) is 24.3 Å². The molecule has 2 N–H and O–H groups in total. The van der Waals surface area contributed by atoms with Gasteiger partial charge in [-0.3, -0.25) is 9.59 Å². The summed E-state index contributed by atoms with van der Waals surface area (Å²) in [6, 6.07) is 5.42. The van der Waals surface area contributed by atoms with E-state index in [2.05, 4.69) is 10.6 Å². The van der Waals surface area contributed by atoms with Crippen LogP contribution in [-0.2, 0) is 9.59 Å². The van der Waals surface area contributed by atoms with Crippen molar-refractivity contribution in [2.75, 3.05) is 5.32 Å². The lowest BCUT2D eigenvalue weighted by Crippen LogP contribution is -2.27. The Hall–Kier alpha value is -1.47. The van der Waals surface area contributed by atoms with E-state index >= 15 is 0 Å². The van der Waals surface area contributed by atoms with E-state index in [9.17, 15) is 14.0 Å². The highest BCUT2D eigenvalue weighted by Gasteiger charge is 2.30. The van der Waals surface area contributed by atoms with Crippen LogP contribution in [0.25, 0.3) is 0 Å². The van der Waals surface area contributed by atoms with Crippen LogP contribution in [0.5, 0.6) is 0 Å². The number of nitrogens with one attached hydrogen (secondary N) is 2. The summed E-state index contributed by atoms with van der Waals surface area (Å²) in [6.45, 7) is 0. The maximum Gasteiger partial charge on any atom is 0.239 e. The van der Waals surface area contributed by atoms with Crippen LogP contribution in [0, 0.1) is 5.82 Å². The first-order valence-corrected chi connectivity index (χ1v) is 6.40. The van der Waals surface area contributed by atoms with Crippen molar-refractivity contribution in [2.45, 2.75) is 11.7 Å². The molecule has 1 aliphatic heterocycles. The smallest absolute Gasteiger partial charge is 0.239 e. The molecule has 1 unspecified atom stereocenters. The lowest BCUT2D eigenvalue weighted by atomic mass is 10.2. The number of hydrogen-bond acceptors (Lipinski definition) is 4. The van der Waals surface area contributed by atoms with Gasteiger partial charge in [0.05, 0.1) is 5.25 Å². The molecule has 2 rings (SSSR count). The quantitative estimate of drug-likeness (QED) is 0.829. The van der Waals surface area contributed by atoms with Crippen LogP contribution >= 0.6 is 24.0 Å². The third-order valence-electron chi connectivity index (χ3n) is 2.27. The van der Waals surface area contributed by atoms with Gasteiger partial charge in [0.1, 0.15) is 10.1 Å². The van der Waals surface area contributed by atoms with Crippen molar-refractivity contribution in [3.05, 3.63) is 30.1 Å². The van der Waals surface area contributed by atoms with Crippen LogP contribution in [0.2, 0.25) is 0 Å². The number of rotatable bonds is 3. The van der Waals surface area contributed by atoms with Crippen molar-refractivity contribution < 1.29 is 14.0 Å². The molecule has 1 aliphatic rings. The third-order valence-corrected chi connectivity index (χ3v) is 3.64. The Morgan fingerprint density at radius 3 is 2.67 bits per heavy atom. The molecular formula is C11H9FN2O2S2. The second-order valence-electron chi connectivity index (χ2n) is 3.64. The zero-order chi connectivity index (χ0) is 13.1. The summed E-state index contributed by atoms with van der Waals surface area (Å²) in [5, 5.41) is 4.57. The summed E-state index contributed by atoms with van der Waals surface area (Å²) >= 11 is 5.99. The fourth-order valence-corrected chi connectivity index (χ4v) is 2.71. The number of thiocarbonyl (C=S) groups is 1. The van der Waals surface area contributed by atoms with Gasteiger partial charge in [0.2, 0.25) is 11.8 Å². The summed E-state index contributed by atoms with van der Waals surface area (Å²) in [5.41, 5.74) is 0.493. The number of carbonyl (C=O) groups excluding carboxylic acids is 2. The van der Waals surface area contributed by atoms with Crippen LogP contribution in [-0.4, -0.2) is 21.4 Å². The molecule has 0 aliphatic carbocycles. The minimum atomic E-state index is -0.488. The molecule has 1 fully saturated rings. The minimum Gasteiger partial charge on any atom is -0.326 e. The SMILES string of the molecule is O=C(CC1SC(=S)NC1=O)Nc1ccc(F)cc1. The predicted octanol–water partition coefficient (Wildman–Crippen LogP) is 1.67. The molecule has 1 saturated heterocycles. The molecule has 18 heavy (non-hydrogen) atoms. The molecule has 7 heteroatoms. The summed E-state index contributed by atoms with van der Waals surface area (Å²) in [7, 11) is 0. The van der Waals surface area contributed by atoms with E-state index in [-0.39, 0.29) is 24.1 Å². The molecule has 1 atom stereocenters. The van der Waals surface area contributed by atoms with E-state index in [1.54, 1.807) is 0 Å². The Balaban J connectivity index is 1.91. The molecule has 94 valence electrons. The average Bonchev–Trinajstić information content (AvgIpc) is 2.61. The number of benzene rings is 1. The molecule has 0 saturated carbocycles. The number of thioether (sulfide) groups is 1. The molecule has 0 bridgehead atoms. The second-order valence-corrected chi connectivity index (χ2v) is 5.52. The molecular weight excluding hydrogens is 275 g/mol. The normalized spacial score (nSPS) is 18.6. The fraction of sp³-hybridized carbons (Fsp3) is 0.182. The predicted molar refractivity (Wildman–Crippen MR) is 71.8 cm³/mol. The average molecular weight is 284 g/mol. The van der Waals surface area contributed by atoms with Crippen molar-refractivity contribution in [3.8, 4) is 0 Å². The Labute approximate surface area is 112 Å². The number of halogens is 1. The molecule has 1 aromatic rings. The first-order chi connectivity index (χ1) is 8.54. The van der Waals surface area contributed by atoms with Gasteiger partial charge in [-0.2, -0.15) is 0 Å². The van der Waals surface area contributed by atoms with Crippen molar-refractivity contribution in [3.63, 3.8) is 0 Å². The van der Waals surface area contributed by atoms with E-state index in [0.717, 1.165) is 11.8 Å². The highest BCUT2D eigenvalue weighted by molar-refractivity contribution is 8.24. The van der Waals surface area contributed by atoms with E-state index in [1.165, 1.54) is 24.3 Å². The van der Waals surface area contributed by atoms with Gasteiger partial charge in [0.25, 0.3) is 0 Å². The Kier molecular flexibility index (Phi) is 3.93. The monoisotopic (exact) mass is 284 g/mol. The van der Waals surface area contributed by atoms with Crippen LogP contribution in [0.3, 0.4) is 0 Å². The van der Waals surface area contributed by atoms with Crippen molar-refractivity contribution in [1.29, 1.82) is 0 Å². The number of anilines is 1. The molecule has 1 aromatic carbocycles. The molecule has 2 amide bonds. The number of amides is 2. The Morgan fingerprint density at radius 2 is 2.11 bits per heavy atom. The zero-order valence-corrected chi connectivity index (χ0v) is 10.7. The summed E-state index contributed by atoms with van der Waals surface area (Å²) in [5.74, 6) is -0.928. The zero-order valence-electron chi connectivity index (χ0n) is 9.10. The Morgan fingerprint density at radius 1 is 1.44 bits per heavy atom. The highest BCUT2D eigenvalue weighted by Crippen LogP contribution is 2.22. The first kappa shape index (κ1) is 13.0. The molecule has 0 spiro atoms.